The van der Waals surface area contributed by atoms with Crippen LogP contribution in [0.3, 0.4) is 0 Å². The lowest BCUT2D eigenvalue weighted by Crippen LogP contribution is -2.35. The van der Waals surface area contributed by atoms with Gasteiger partial charge in [-0.3, -0.25) is 4.79 Å². The van der Waals surface area contributed by atoms with Gasteiger partial charge in [-0.2, -0.15) is 0 Å². The molecule has 0 radical (unpaired) electrons. The van der Waals surface area contributed by atoms with Crippen molar-refractivity contribution in [3.8, 4) is 0 Å². The molecule has 2 nitrogen and oxygen atoms in total. The average molecular weight is 220 g/mol. The molecule has 0 N–H and O–H groups in total. The molecule has 88 valence electrons. The highest BCUT2D eigenvalue weighted by Crippen LogP contribution is 2.48. The van der Waals surface area contributed by atoms with Gasteiger partial charge in [0.1, 0.15) is 5.60 Å². The molecule has 0 aromatic carbocycles. The normalized spacial score (nSPS) is 38.0. The third-order valence-corrected chi connectivity index (χ3v) is 3.97. The van der Waals surface area contributed by atoms with E-state index in [1.54, 1.807) is 0 Å². The number of carbonyl (C=O) groups excluding carboxylic acids is 1. The van der Waals surface area contributed by atoms with E-state index < -0.39 is 0 Å². The highest BCUT2D eigenvalue weighted by Gasteiger charge is 2.47. The number of esters is 1. The quantitative estimate of drug-likeness (QED) is 0.501. The number of allylic oxidation sites excluding steroid dienone is 2. The van der Waals surface area contributed by atoms with Crippen LogP contribution in [0.25, 0.3) is 0 Å². The fourth-order valence-electron chi connectivity index (χ4n) is 3.15. The highest BCUT2D eigenvalue weighted by molar-refractivity contribution is 5.66. The first kappa shape index (κ1) is 11.4. The minimum atomic E-state index is -0.319. The first-order valence-corrected chi connectivity index (χ1v) is 6.07. The summed E-state index contributed by atoms with van der Waals surface area (Å²) < 4.78 is 5.54. The Morgan fingerprint density at radius 2 is 2.38 bits per heavy atom. The van der Waals surface area contributed by atoms with Gasteiger partial charge in [0.2, 0.25) is 0 Å². The van der Waals surface area contributed by atoms with Crippen LogP contribution in [0.15, 0.2) is 24.3 Å². The maximum absolute atomic E-state index is 11.2. The topological polar surface area (TPSA) is 26.3 Å². The Kier molecular flexibility index (Phi) is 2.92. The van der Waals surface area contributed by atoms with Crippen molar-refractivity contribution in [2.75, 3.05) is 0 Å². The monoisotopic (exact) mass is 220 g/mol. The van der Waals surface area contributed by atoms with Gasteiger partial charge in [0.05, 0.1) is 0 Å². The molecule has 0 saturated heterocycles. The van der Waals surface area contributed by atoms with Crippen LogP contribution >= 0.6 is 0 Å². The molecule has 2 heteroatoms. The van der Waals surface area contributed by atoms with Crippen LogP contribution in [0.1, 0.15) is 39.5 Å². The maximum Gasteiger partial charge on any atom is 0.303 e. The Morgan fingerprint density at radius 3 is 3.06 bits per heavy atom. The zero-order chi connectivity index (χ0) is 11.8. The molecular formula is C14H20O2. The van der Waals surface area contributed by atoms with E-state index in [1.165, 1.54) is 12.5 Å². The van der Waals surface area contributed by atoms with Crippen molar-refractivity contribution < 1.29 is 9.53 Å². The standard InChI is InChI=1S/C14H20O2/c1-10-6-4-5-7-13-12(10)8-9-14(13,3)16-11(2)15/h5,7,12-13H,1,4,6,8-9H2,2-3H3/t12-,13+,14+/m1/s1. The highest BCUT2D eigenvalue weighted by atomic mass is 16.6. The summed E-state index contributed by atoms with van der Waals surface area (Å²) in [6.07, 6.45) is 8.64. The van der Waals surface area contributed by atoms with Crippen LogP contribution in [0, 0.1) is 11.8 Å². The van der Waals surface area contributed by atoms with Crippen molar-refractivity contribution in [1.82, 2.24) is 0 Å². The summed E-state index contributed by atoms with van der Waals surface area (Å²) in [5.41, 5.74) is 1.01. The van der Waals surface area contributed by atoms with E-state index in [4.69, 9.17) is 4.74 Å². The van der Waals surface area contributed by atoms with E-state index in [0.717, 1.165) is 25.7 Å². The van der Waals surface area contributed by atoms with E-state index in [-0.39, 0.29) is 11.6 Å². The molecule has 0 heterocycles. The second-order valence-corrected chi connectivity index (χ2v) is 5.20. The lowest BCUT2D eigenvalue weighted by molar-refractivity contribution is -0.157. The Hall–Kier alpha value is -1.05. The van der Waals surface area contributed by atoms with Crippen LogP contribution < -0.4 is 0 Å². The summed E-state index contributed by atoms with van der Waals surface area (Å²) in [4.78, 5) is 11.2. The fraction of sp³-hybridized carbons (Fsp3) is 0.643. The predicted molar refractivity (Wildman–Crippen MR) is 63.9 cm³/mol. The minimum absolute atomic E-state index is 0.175. The molecule has 1 saturated carbocycles. The number of rotatable bonds is 1. The Bertz CT molecular complexity index is 343. The third-order valence-electron chi connectivity index (χ3n) is 3.97. The molecule has 0 bridgehead atoms. The van der Waals surface area contributed by atoms with E-state index >= 15 is 0 Å². The molecule has 0 aliphatic heterocycles. The molecule has 2 rings (SSSR count). The summed E-state index contributed by atoms with van der Waals surface area (Å²) in [6, 6.07) is 0. The largest absolute Gasteiger partial charge is 0.459 e. The summed E-state index contributed by atoms with van der Waals surface area (Å²) in [5, 5.41) is 0. The summed E-state index contributed by atoms with van der Waals surface area (Å²) in [6.45, 7) is 7.73. The van der Waals surface area contributed by atoms with Crippen molar-refractivity contribution in [1.29, 1.82) is 0 Å². The maximum atomic E-state index is 11.2. The van der Waals surface area contributed by atoms with Crippen molar-refractivity contribution in [3.63, 3.8) is 0 Å². The number of hydrogen-bond donors (Lipinski definition) is 0. The van der Waals surface area contributed by atoms with Gasteiger partial charge >= 0.3 is 5.97 Å². The number of fused-ring (bicyclic) bond motifs is 1. The van der Waals surface area contributed by atoms with Gasteiger partial charge in [-0.1, -0.05) is 24.3 Å². The molecule has 16 heavy (non-hydrogen) atoms. The van der Waals surface area contributed by atoms with Gasteiger partial charge in [-0.05, 0) is 38.5 Å². The molecule has 1 fully saturated rings. The van der Waals surface area contributed by atoms with Gasteiger partial charge in [-0.25, -0.2) is 0 Å². The van der Waals surface area contributed by atoms with Crippen LogP contribution in [0.2, 0.25) is 0 Å². The van der Waals surface area contributed by atoms with Gasteiger partial charge in [0.25, 0.3) is 0 Å². The van der Waals surface area contributed by atoms with Crippen LogP contribution in [0.5, 0.6) is 0 Å². The van der Waals surface area contributed by atoms with Crippen molar-refractivity contribution in [2.45, 2.75) is 45.1 Å². The van der Waals surface area contributed by atoms with E-state index in [1.807, 2.05) is 0 Å². The van der Waals surface area contributed by atoms with E-state index in [2.05, 4.69) is 25.7 Å². The Morgan fingerprint density at radius 1 is 1.62 bits per heavy atom. The van der Waals surface area contributed by atoms with Crippen molar-refractivity contribution >= 4 is 5.97 Å². The first-order valence-electron chi connectivity index (χ1n) is 6.07. The van der Waals surface area contributed by atoms with Gasteiger partial charge in [0, 0.05) is 12.8 Å². The van der Waals surface area contributed by atoms with Crippen molar-refractivity contribution in [2.24, 2.45) is 11.8 Å². The second kappa shape index (κ2) is 4.08. The second-order valence-electron chi connectivity index (χ2n) is 5.20. The van der Waals surface area contributed by atoms with Gasteiger partial charge in [-0.15, -0.1) is 0 Å². The summed E-state index contributed by atoms with van der Waals surface area (Å²) in [7, 11) is 0. The lowest BCUT2D eigenvalue weighted by atomic mass is 9.83. The summed E-state index contributed by atoms with van der Waals surface area (Å²) in [5.74, 6) is 0.654. The zero-order valence-corrected chi connectivity index (χ0v) is 10.2. The molecule has 0 aromatic rings. The number of carbonyl (C=O) groups is 1. The van der Waals surface area contributed by atoms with Crippen LogP contribution in [-0.4, -0.2) is 11.6 Å². The molecule has 2 aliphatic carbocycles. The predicted octanol–water partition coefficient (Wildman–Crippen LogP) is 3.24. The smallest absolute Gasteiger partial charge is 0.303 e. The first-order chi connectivity index (χ1) is 7.53. The van der Waals surface area contributed by atoms with Crippen LogP contribution in [0.4, 0.5) is 0 Å². The summed E-state index contributed by atoms with van der Waals surface area (Å²) >= 11 is 0. The van der Waals surface area contributed by atoms with Gasteiger partial charge < -0.3 is 4.74 Å². The average Bonchev–Trinajstić information content (AvgIpc) is 2.39. The molecule has 0 unspecified atom stereocenters. The Labute approximate surface area is 97.4 Å². The molecule has 0 spiro atoms. The van der Waals surface area contributed by atoms with Gasteiger partial charge in [0.15, 0.2) is 0 Å². The minimum Gasteiger partial charge on any atom is -0.459 e. The SMILES string of the molecule is C=C1CCC=C[C@H]2[C@@H]1CC[C@]2(C)OC(C)=O. The molecular weight excluding hydrogens is 200 g/mol. The third kappa shape index (κ3) is 1.93. The fourth-order valence-corrected chi connectivity index (χ4v) is 3.15. The zero-order valence-electron chi connectivity index (χ0n) is 10.2. The Balaban J connectivity index is 2.24. The lowest BCUT2D eigenvalue weighted by Gasteiger charge is -2.31. The molecule has 3 atom stereocenters. The molecule has 0 amide bonds. The van der Waals surface area contributed by atoms with E-state index in [9.17, 15) is 4.79 Å². The van der Waals surface area contributed by atoms with Crippen molar-refractivity contribution in [3.05, 3.63) is 24.3 Å². The van der Waals surface area contributed by atoms with Crippen LogP contribution in [-0.2, 0) is 9.53 Å². The van der Waals surface area contributed by atoms with E-state index in [0.29, 0.717) is 11.8 Å². The molecule has 0 aromatic heterocycles. The number of ether oxygens (including phenoxy) is 1. The number of hydrogen-bond acceptors (Lipinski definition) is 2. The molecule has 2 aliphatic rings.